The van der Waals surface area contributed by atoms with E-state index in [4.69, 9.17) is 14.7 Å². The molecule has 0 bridgehead atoms. The summed E-state index contributed by atoms with van der Waals surface area (Å²) in [6, 6.07) is 19.5. The molecule has 0 atom stereocenters. The molecule has 1 N–H and O–H groups in total. The Morgan fingerprint density at radius 2 is 2.00 bits per heavy atom. The van der Waals surface area contributed by atoms with E-state index in [1.165, 1.54) is 6.33 Å². The van der Waals surface area contributed by atoms with Gasteiger partial charge in [-0.3, -0.25) is 5.43 Å². The Balaban J connectivity index is 1.54. The number of anilines is 1. The molecule has 8 heteroatoms. The first-order valence-electron chi connectivity index (χ1n) is 9.05. The molecule has 0 fully saturated rings. The maximum absolute atomic E-state index is 8.66. The molecular weight excluding hydrogens is 398 g/mol. The van der Waals surface area contributed by atoms with Crippen molar-refractivity contribution >= 4 is 33.6 Å². The molecule has 0 radical (unpaired) electrons. The minimum atomic E-state index is -0.0410. The Morgan fingerprint density at radius 1 is 1.13 bits per heavy atom. The molecule has 2 heterocycles. The zero-order valence-corrected chi connectivity index (χ0v) is 16.9. The van der Waals surface area contributed by atoms with Gasteiger partial charge in [0, 0.05) is 4.88 Å². The van der Waals surface area contributed by atoms with E-state index < -0.39 is 0 Å². The van der Waals surface area contributed by atoms with E-state index in [0.29, 0.717) is 17.3 Å². The standard InChI is InChI=1S/C22H17N5O2S/c1-28-19-11-15(7-8-18(19)29-10-9-23)13-26-27-21-17-12-20(16-5-3-2-4-6-16)30-22(17)25-14-24-21/h2-8,11-14H,10H2,1H3,(H,24,25,27)/b26-13-. The van der Waals surface area contributed by atoms with Crippen molar-refractivity contribution in [1.82, 2.24) is 9.97 Å². The van der Waals surface area contributed by atoms with Crippen LogP contribution >= 0.6 is 11.3 Å². The van der Waals surface area contributed by atoms with E-state index in [1.54, 1.807) is 36.8 Å². The van der Waals surface area contributed by atoms with E-state index in [-0.39, 0.29) is 6.61 Å². The van der Waals surface area contributed by atoms with Crippen molar-refractivity contribution in [3.63, 3.8) is 0 Å². The summed E-state index contributed by atoms with van der Waals surface area (Å²) in [5, 5.41) is 13.9. The number of nitrogens with one attached hydrogen (secondary N) is 1. The van der Waals surface area contributed by atoms with E-state index >= 15 is 0 Å². The predicted octanol–water partition coefficient (Wildman–Crippen LogP) is 4.72. The normalized spacial score (nSPS) is 10.8. The third-order valence-corrected chi connectivity index (χ3v) is 5.34. The number of rotatable bonds is 7. The summed E-state index contributed by atoms with van der Waals surface area (Å²) in [7, 11) is 1.55. The van der Waals surface area contributed by atoms with Gasteiger partial charge in [-0.25, -0.2) is 9.97 Å². The molecule has 2 aromatic heterocycles. The van der Waals surface area contributed by atoms with E-state index in [0.717, 1.165) is 26.2 Å². The molecular formula is C22H17N5O2S. The van der Waals surface area contributed by atoms with Crippen LogP contribution in [0.5, 0.6) is 11.5 Å². The van der Waals surface area contributed by atoms with Crippen LogP contribution in [0.4, 0.5) is 5.82 Å². The number of benzene rings is 2. The lowest BCUT2D eigenvalue weighted by Gasteiger charge is -2.08. The smallest absolute Gasteiger partial charge is 0.174 e. The van der Waals surface area contributed by atoms with Crippen LogP contribution < -0.4 is 14.9 Å². The number of aromatic nitrogens is 2. The topological polar surface area (TPSA) is 92.4 Å². The lowest BCUT2D eigenvalue weighted by atomic mass is 10.2. The molecule has 0 aliphatic carbocycles. The van der Waals surface area contributed by atoms with Gasteiger partial charge in [-0.05, 0) is 35.4 Å². The first-order valence-corrected chi connectivity index (χ1v) is 9.87. The van der Waals surface area contributed by atoms with Crippen LogP contribution in [0.2, 0.25) is 0 Å². The summed E-state index contributed by atoms with van der Waals surface area (Å²) in [5.41, 5.74) is 4.95. The number of fused-ring (bicyclic) bond motifs is 1. The molecule has 7 nitrogen and oxygen atoms in total. The molecule has 0 spiro atoms. The zero-order valence-electron chi connectivity index (χ0n) is 16.1. The minimum absolute atomic E-state index is 0.0410. The van der Waals surface area contributed by atoms with Gasteiger partial charge in [0.05, 0.1) is 18.7 Å². The number of hydrogen-bond acceptors (Lipinski definition) is 8. The summed E-state index contributed by atoms with van der Waals surface area (Å²) in [4.78, 5) is 10.7. The third-order valence-electron chi connectivity index (χ3n) is 4.25. The number of nitriles is 1. The van der Waals surface area contributed by atoms with Gasteiger partial charge < -0.3 is 9.47 Å². The summed E-state index contributed by atoms with van der Waals surface area (Å²) in [6.07, 6.45) is 3.19. The molecule has 2 aromatic carbocycles. The van der Waals surface area contributed by atoms with Crippen LogP contribution in [0.1, 0.15) is 5.56 Å². The Morgan fingerprint density at radius 3 is 2.80 bits per heavy atom. The quantitative estimate of drug-likeness (QED) is 0.347. The monoisotopic (exact) mass is 415 g/mol. The fourth-order valence-electron chi connectivity index (χ4n) is 2.85. The molecule has 0 saturated carbocycles. The molecule has 30 heavy (non-hydrogen) atoms. The summed E-state index contributed by atoms with van der Waals surface area (Å²) in [6.45, 7) is -0.0410. The van der Waals surface area contributed by atoms with Crippen molar-refractivity contribution in [2.45, 2.75) is 0 Å². The molecule has 148 valence electrons. The van der Waals surface area contributed by atoms with Gasteiger partial charge in [0.1, 0.15) is 17.2 Å². The number of hydrazone groups is 1. The highest BCUT2D eigenvalue weighted by molar-refractivity contribution is 7.21. The number of ether oxygens (including phenoxy) is 2. The number of hydrogen-bond donors (Lipinski definition) is 1. The Kier molecular flexibility index (Phi) is 5.83. The zero-order chi connectivity index (χ0) is 20.8. The van der Waals surface area contributed by atoms with Crippen LogP contribution in [0.3, 0.4) is 0 Å². The van der Waals surface area contributed by atoms with Crippen LogP contribution in [0, 0.1) is 11.3 Å². The van der Waals surface area contributed by atoms with E-state index in [9.17, 15) is 0 Å². The van der Waals surface area contributed by atoms with Crippen molar-refractivity contribution in [2.75, 3.05) is 19.1 Å². The Hall–Kier alpha value is -3.96. The van der Waals surface area contributed by atoms with Crippen LogP contribution in [-0.2, 0) is 0 Å². The van der Waals surface area contributed by atoms with Crippen molar-refractivity contribution in [3.05, 3.63) is 66.5 Å². The number of thiophene rings is 1. The van der Waals surface area contributed by atoms with Gasteiger partial charge in [0.15, 0.2) is 23.9 Å². The van der Waals surface area contributed by atoms with Gasteiger partial charge in [0.2, 0.25) is 0 Å². The summed E-state index contributed by atoms with van der Waals surface area (Å²) < 4.78 is 10.6. The lowest BCUT2D eigenvalue weighted by Crippen LogP contribution is -1.98. The first-order chi connectivity index (χ1) is 14.8. The van der Waals surface area contributed by atoms with Gasteiger partial charge in [-0.15, -0.1) is 11.3 Å². The average Bonchev–Trinajstić information content (AvgIpc) is 3.24. The minimum Gasteiger partial charge on any atom is -0.493 e. The molecule has 0 amide bonds. The lowest BCUT2D eigenvalue weighted by molar-refractivity contribution is 0.329. The predicted molar refractivity (Wildman–Crippen MR) is 118 cm³/mol. The van der Waals surface area contributed by atoms with Gasteiger partial charge in [-0.1, -0.05) is 30.3 Å². The van der Waals surface area contributed by atoms with Crippen LogP contribution in [0.15, 0.2) is 66.0 Å². The second kappa shape index (κ2) is 9.03. The Labute approximate surface area is 177 Å². The highest BCUT2D eigenvalue weighted by Gasteiger charge is 2.10. The molecule has 0 saturated heterocycles. The third kappa shape index (κ3) is 4.21. The van der Waals surface area contributed by atoms with Crippen molar-refractivity contribution in [3.8, 4) is 28.0 Å². The average molecular weight is 415 g/mol. The number of methoxy groups -OCH3 is 1. The SMILES string of the molecule is COc1cc(/C=N\Nc2ncnc3sc(-c4ccccc4)cc23)ccc1OCC#N. The second-order valence-corrected chi connectivity index (χ2v) is 7.18. The van der Waals surface area contributed by atoms with Gasteiger partial charge >= 0.3 is 0 Å². The summed E-state index contributed by atoms with van der Waals surface area (Å²) in [5.74, 6) is 1.67. The molecule has 0 aliphatic rings. The van der Waals surface area contributed by atoms with Gasteiger partial charge in [0.25, 0.3) is 0 Å². The molecule has 4 aromatic rings. The second-order valence-electron chi connectivity index (χ2n) is 6.14. The van der Waals surface area contributed by atoms with Crippen molar-refractivity contribution < 1.29 is 9.47 Å². The van der Waals surface area contributed by atoms with Gasteiger partial charge in [-0.2, -0.15) is 10.4 Å². The fourth-order valence-corrected chi connectivity index (χ4v) is 3.86. The Bertz CT molecular complexity index is 1230. The molecule has 4 rings (SSSR count). The highest BCUT2D eigenvalue weighted by atomic mass is 32.1. The van der Waals surface area contributed by atoms with Crippen molar-refractivity contribution in [2.24, 2.45) is 5.10 Å². The molecule has 0 aliphatic heterocycles. The summed E-state index contributed by atoms with van der Waals surface area (Å²) >= 11 is 1.61. The maximum Gasteiger partial charge on any atom is 0.174 e. The highest BCUT2D eigenvalue weighted by Crippen LogP contribution is 2.34. The first kappa shape index (κ1) is 19.4. The largest absolute Gasteiger partial charge is 0.493 e. The fraction of sp³-hybridized carbons (Fsp3) is 0.0909. The number of nitrogens with zero attached hydrogens (tertiary/aromatic N) is 4. The van der Waals surface area contributed by atoms with Crippen LogP contribution in [0.25, 0.3) is 20.7 Å². The maximum atomic E-state index is 8.66. The molecule has 0 unspecified atom stereocenters. The van der Waals surface area contributed by atoms with E-state index in [1.807, 2.05) is 30.3 Å². The van der Waals surface area contributed by atoms with Crippen molar-refractivity contribution in [1.29, 1.82) is 5.26 Å². The van der Waals surface area contributed by atoms with Crippen LogP contribution in [-0.4, -0.2) is 29.9 Å². The van der Waals surface area contributed by atoms with E-state index in [2.05, 4.69) is 38.7 Å².